The number of carbonyl (C=O) groups is 1. The lowest BCUT2D eigenvalue weighted by Crippen LogP contribution is -2.44. The molecule has 0 atom stereocenters. The summed E-state index contributed by atoms with van der Waals surface area (Å²) in [5.41, 5.74) is 3.04. The summed E-state index contributed by atoms with van der Waals surface area (Å²) >= 11 is 0. The second kappa shape index (κ2) is 8.58. The van der Waals surface area contributed by atoms with E-state index in [-0.39, 0.29) is 23.0 Å². The number of phenols is 1. The standard InChI is InChI=1S/C26H31N3O2/c1-18-7-4-5-9-21(18)26(2,3)17-27-25(31)20-13-15-29(16-14-20)23-12-11-19-8-6-10-22(30)24(19)28-23/h4-12,20,30H,13-17H2,1-3H3,(H,27,31). The Labute approximate surface area is 184 Å². The van der Waals surface area contributed by atoms with Crippen molar-refractivity contribution in [1.29, 1.82) is 0 Å². The summed E-state index contributed by atoms with van der Waals surface area (Å²) in [4.78, 5) is 19.7. The molecule has 5 nitrogen and oxygen atoms in total. The third kappa shape index (κ3) is 4.50. The monoisotopic (exact) mass is 417 g/mol. The molecule has 0 aliphatic carbocycles. The minimum Gasteiger partial charge on any atom is -0.506 e. The van der Waals surface area contributed by atoms with Crippen LogP contribution < -0.4 is 10.2 Å². The molecule has 5 heteroatoms. The van der Waals surface area contributed by atoms with E-state index in [2.05, 4.69) is 54.2 Å². The summed E-state index contributed by atoms with van der Waals surface area (Å²) < 4.78 is 0. The van der Waals surface area contributed by atoms with Crippen molar-refractivity contribution in [3.63, 3.8) is 0 Å². The zero-order valence-corrected chi connectivity index (χ0v) is 18.6. The zero-order chi connectivity index (χ0) is 22.0. The van der Waals surface area contributed by atoms with Gasteiger partial charge in [-0.05, 0) is 49.1 Å². The van der Waals surface area contributed by atoms with Crippen LogP contribution in [0.15, 0.2) is 54.6 Å². The van der Waals surface area contributed by atoms with Gasteiger partial charge in [0, 0.05) is 36.4 Å². The van der Waals surface area contributed by atoms with Gasteiger partial charge in [-0.15, -0.1) is 0 Å². The lowest BCUT2D eigenvalue weighted by Gasteiger charge is -2.33. The Morgan fingerprint density at radius 2 is 1.84 bits per heavy atom. The largest absolute Gasteiger partial charge is 0.506 e. The van der Waals surface area contributed by atoms with Crippen LogP contribution in [0, 0.1) is 12.8 Å². The fraction of sp³-hybridized carbons (Fsp3) is 0.385. The predicted octanol–water partition coefficient (Wildman–Crippen LogP) is 4.56. The average molecular weight is 418 g/mol. The summed E-state index contributed by atoms with van der Waals surface area (Å²) in [6.45, 7) is 8.67. The highest BCUT2D eigenvalue weighted by molar-refractivity contribution is 5.85. The predicted molar refractivity (Wildman–Crippen MR) is 126 cm³/mol. The van der Waals surface area contributed by atoms with Gasteiger partial charge in [-0.25, -0.2) is 4.98 Å². The lowest BCUT2D eigenvalue weighted by atomic mass is 9.82. The van der Waals surface area contributed by atoms with Gasteiger partial charge in [0.2, 0.25) is 5.91 Å². The molecule has 4 rings (SSSR count). The van der Waals surface area contributed by atoms with Crippen molar-refractivity contribution < 1.29 is 9.90 Å². The normalized spacial score (nSPS) is 15.3. The SMILES string of the molecule is Cc1ccccc1C(C)(C)CNC(=O)C1CCN(c2ccc3cccc(O)c3n2)CC1. The third-order valence-electron chi connectivity index (χ3n) is 6.45. The Hall–Kier alpha value is -3.08. The number of phenolic OH excluding ortho intramolecular Hbond substituents is 1. The van der Waals surface area contributed by atoms with E-state index in [1.165, 1.54) is 11.1 Å². The van der Waals surface area contributed by atoms with Crippen LogP contribution in [0.4, 0.5) is 5.82 Å². The van der Waals surface area contributed by atoms with Crippen molar-refractivity contribution in [3.8, 4) is 5.75 Å². The van der Waals surface area contributed by atoms with E-state index in [0.717, 1.165) is 37.1 Å². The highest BCUT2D eigenvalue weighted by Gasteiger charge is 2.28. The number of benzene rings is 2. The van der Waals surface area contributed by atoms with Crippen LogP contribution in [-0.4, -0.2) is 35.6 Å². The molecule has 2 aromatic carbocycles. The molecular formula is C26H31N3O2. The van der Waals surface area contributed by atoms with Crippen LogP contribution in [0.3, 0.4) is 0 Å². The van der Waals surface area contributed by atoms with Gasteiger partial charge in [-0.1, -0.05) is 50.2 Å². The summed E-state index contributed by atoms with van der Waals surface area (Å²) in [5, 5.41) is 14.2. The number of fused-ring (bicyclic) bond motifs is 1. The number of aromatic nitrogens is 1. The van der Waals surface area contributed by atoms with E-state index in [4.69, 9.17) is 0 Å². The molecule has 0 saturated carbocycles. The van der Waals surface area contributed by atoms with E-state index in [9.17, 15) is 9.90 Å². The molecule has 0 unspecified atom stereocenters. The maximum Gasteiger partial charge on any atom is 0.223 e. The molecule has 1 fully saturated rings. The molecule has 0 bridgehead atoms. The molecule has 0 radical (unpaired) electrons. The van der Waals surface area contributed by atoms with Gasteiger partial charge in [0.05, 0.1) is 0 Å². The second-order valence-electron chi connectivity index (χ2n) is 9.20. The van der Waals surface area contributed by atoms with Gasteiger partial charge in [0.25, 0.3) is 0 Å². The molecule has 1 aliphatic heterocycles. The lowest BCUT2D eigenvalue weighted by molar-refractivity contribution is -0.125. The number of anilines is 1. The van der Waals surface area contributed by atoms with Gasteiger partial charge in [-0.2, -0.15) is 0 Å². The third-order valence-corrected chi connectivity index (χ3v) is 6.45. The second-order valence-corrected chi connectivity index (χ2v) is 9.20. The quantitative estimate of drug-likeness (QED) is 0.639. The van der Waals surface area contributed by atoms with Crippen LogP contribution in [0.5, 0.6) is 5.75 Å². The van der Waals surface area contributed by atoms with Crippen LogP contribution in [0.25, 0.3) is 10.9 Å². The first-order valence-corrected chi connectivity index (χ1v) is 11.0. The first kappa shape index (κ1) is 21.2. The number of aromatic hydroxyl groups is 1. The number of pyridine rings is 1. The van der Waals surface area contributed by atoms with Crippen molar-refractivity contribution in [1.82, 2.24) is 10.3 Å². The number of para-hydroxylation sites is 1. The van der Waals surface area contributed by atoms with E-state index in [1.807, 2.05) is 30.3 Å². The van der Waals surface area contributed by atoms with E-state index in [0.29, 0.717) is 12.1 Å². The Morgan fingerprint density at radius 1 is 1.10 bits per heavy atom. The Balaban J connectivity index is 1.35. The molecule has 1 saturated heterocycles. The van der Waals surface area contributed by atoms with Crippen LogP contribution in [0.1, 0.15) is 37.8 Å². The number of carbonyl (C=O) groups excluding carboxylic acids is 1. The molecule has 1 amide bonds. The van der Waals surface area contributed by atoms with Gasteiger partial charge in [0.1, 0.15) is 17.1 Å². The van der Waals surface area contributed by atoms with Crippen LogP contribution in [-0.2, 0) is 10.2 Å². The number of nitrogens with zero attached hydrogens (tertiary/aromatic N) is 2. The minimum atomic E-state index is -0.112. The Kier molecular flexibility index (Phi) is 5.86. The number of rotatable bonds is 5. The van der Waals surface area contributed by atoms with E-state index in [1.54, 1.807) is 6.07 Å². The first-order valence-electron chi connectivity index (χ1n) is 11.0. The molecule has 3 aromatic rings. The van der Waals surface area contributed by atoms with Crippen molar-refractivity contribution in [2.24, 2.45) is 5.92 Å². The highest BCUT2D eigenvalue weighted by Crippen LogP contribution is 2.29. The molecule has 0 spiro atoms. The van der Waals surface area contributed by atoms with Crippen LogP contribution >= 0.6 is 0 Å². The van der Waals surface area contributed by atoms with Gasteiger partial charge >= 0.3 is 0 Å². The molecule has 162 valence electrons. The van der Waals surface area contributed by atoms with Crippen LogP contribution in [0.2, 0.25) is 0 Å². The fourth-order valence-electron chi connectivity index (χ4n) is 4.55. The maximum atomic E-state index is 12.8. The molecule has 2 heterocycles. The molecule has 2 N–H and O–H groups in total. The molecule has 31 heavy (non-hydrogen) atoms. The molecule has 1 aromatic heterocycles. The summed E-state index contributed by atoms with van der Waals surface area (Å²) in [5.74, 6) is 1.22. The molecular weight excluding hydrogens is 386 g/mol. The minimum absolute atomic E-state index is 0.0257. The van der Waals surface area contributed by atoms with Crippen molar-refractivity contribution >= 4 is 22.6 Å². The van der Waals surface area contributed by atoms with Crippen molar-refractivity contribution in [3.05, 3.63) is 65.7 Å². The smallest absolute Gasteiger partial charge is 0.223 e. The van der Waals surface area contributed by atoms with Crippen molar-refractivity contribution in [2.45, 2.75) is 39.0 Å². The van der Waals surface area contributed by atoms with E-state index >= 15 is 0 Å². The zero-order valence-electron chi connectivity index (χ0n) is 18.6. The number of hydrogen-bond donors (Lipinski definition) is 2. The number of aryl methyl sites for hydroxylation is 1. The Bertz CT molecular complexity index is 1080. The number of nitrogens with one attached hydrogen (secondary N) is 1. The number of amides is 1. The Morgan fingerprint density at radius 3 is 2.58 bits per heavy atom. The van der Waals surface area contributed by atoms with Gasteiger partial charge in [0.15, 0.2) is 0 Å². The van der Waals surface area contributed by atoms with Crippen molar-refractivity contribution in [2.75, 3.05) is 24.5 Å². The first-order chi connectivity index (χ1) is 14.8. The number of piperidine rings is 1. The topological polar surface area (TPSA) is 65.5 Å². The van der Waals surface area contributed by atoms with Gasteiger partial charge < -0.3 is 15.3 Å². The maximum absolute atomic E-state index is 12.8. The van der Waals surface area contributed by atoms with E-state index < -0.39 is 0 Å². The van der Waals surface area contributed by atoms with Gasteiger partial charge in [-0.3, -0.25) is 4.79 Å². The number of hydrogen-bond acceptors (Lipinski definition) is 4. The summed E-state index contributed by atoms with van der Waals surface area (Å²) in [6.07, 6.45) is 1.61. The fourth-order valence-corrected chi connectivity index (χ4v) is 4.55. The molecule has 1 aliphatic rings. The summed E-state index contributed by atoms with van der Waals surface area (Å²) in [7, 11) is 0. The summed E-state index contributed by atoms with van der Waals surface area (Å²) in [6, 6.07) is 17.8. The highest BCUT2D eigenvalue weighted by atomic mass is 16.3. The average Bonchev–Trinajstić information content (AvgIpc) is 2.78.